The second kappa shape index (κ2) is 9.73. The summed E-state index contributed by atoms with van der Waals surface area (Å²) in [4.78, 5) is 39.1. The van der Waals surface area contributed by atoms with Gasteiger partial charge in [0.1, 0.15) is 0 Å². The molecule has 0 saturated heterocycles. The number of allylic oxidation sites excluding steroid dienone is 1. The van der Waals surface area contributed by atoms with Gasteiger partial charge in [-0.1, -0.05) is 43.3 Å². The number of benzene rings is 1. The van der Waals surface area contributed by atoms with Gasteiger partial charge in [0, 0.05) is 24.9 Å². The summed E-state index contributed by atoms with van der Waals surface area (Å²) >= 11 is 0. The Kier molecular flexibility index (Phi) is 7.37. The molecule has 0 unspecified atom stereocenters. The highest BCUT2D eigenvalue weighted by Crippen LogP contribution is 2.35. The molecule has 1 aliphatic rings. The highest BCUT2D eigenvalue weighted by atomic mass is 16.5. The molecule has 1 aromatic rings. The quantitative estimate of drug-likeness (QED) is 0.421. The lowest BCUT2D eigenvalue weighted by atomic mass is 9.77. The molecule has 150 valence electrons. The molecule has 7 heteroatoms. The summed E-state index contributed by atoms with van der Waals surface area (Å²) in [5, 5.41) is 0. The first kappa shape index (κ1) is 21.2. The minimum atomic E-state index is -1.28. The number of carbonyl (C=O) groups excluding carboxylic acids is 3. The van der Waals surface area contributed by atoms with E-state index in [1.807, 2.05) is 54.4 Å². The molecule has 0 saturated carbocycles. The molecule has 0 amide bonds. The van der Waals surface area contributed by atoms with Gasteiger partial charge in [-0.05, 0) is 11.5 Å². The van der Waals surface area contributed by atoms with Crippen molar-refractivity contribution in [3.8, 4) is 0 Å². The summed E-state index contributed by atoms with van der Waals surface area (Å²) in [5.41, 5.74) is 1.24. The Morgan fingerprint density at radius 3 is 2.14 bits per heavy atom. The molecule has 1 aliphatic heterocycles. The number of ether oxygens (including phenoxy) is 3. The van der Waals surface area contributed by atoms with Gasteiger partial charge < -0.3 is 19.1 Å². The van der Waals surface area contributed by atoms with E-state index in [2.05, 4.69) is 0 Å². The van der Waals surface area contributed by atoms with Crippen molar-refractivity contribution in [1.82, 2.24) is 4.90 Å². The Bertz CT molecular complexity index is 754. The Morgan fingerprint density at radius 2 is 1.61 bits per heavy atom. The second-order valence-electron chi connectivity index (χ2n) is 6.48. The van der Waals surface area contributed by atoms with E-state index in [-0.39, 0.29) is 11.5 Å². The molecule has 0 N–H and O–H groups in total. The first-order valence-electron chi connectivity index (χ1n) is 8.86. The number of carbonyl (C=O) groups is 3. The zero-order chi connectivity index (χ0) is 20.7. The zero-order valence-corrected chi connectivity index (χ0v) is 16.5. The maximum absolute atomic E-state index is 12.6. The Balaban J connectivity index is 2.49. The lowest BCUT2D eigenvalue weighted by molar-refractivity contribution is -0.161. The van der Waals surface area contributed by atoms with E-state index in [1.165, 1.54) is 21.3 Å². The Labute approximate surface area is 164 Å². The van der Waals surface area contributed by atoms with Crippen molar-refractivity contribution in [2.75, 3.05) is 21.3 Å². The van der Waals surface area contributed by atoms with Crippen LogP contribution in [0.5, 0.6) is 0 Å². The maximum atomic E-state index is 12.6. The largest absolute Gasteiger partial charge is 0.468 e. The Hall–Kier alpha value is -3.09. The number of nitrogens with zero attached hydrogens (tertiary/aromatic N) is 1. The van der Waals surface area contributed by atoms with Gasteiger partial charge in [0.25, 0.3) is 0 Å². The maximum Gasteiger partial charge on any atom is 0.335 e. The molecule has 0 aromatic heterocycles. The molecular formula is C21H25NO6. The molecule has 0 spiro atoms. The van der Waals surface area contributed by atoms with E-state index in [4.69, 9.17) is 14.2 Å². The van der Waals surface area contributed by atoms with E-state index in [1.54, 1.807) is 6.20 Å². The Morgan fingerprint density at radius 1 is 1.00 bits per heavy atom. The zero-order valence-electron chi connectivity index (χ0n) is 16.5. The van der Waals surface area contributed by atoms with Gasteiger partial charge in [0.15, 0.2) is 5.92 Å². The van der Waals surface area contributed by atoms with Crippen LogP contribution >= 0.6 is 0 Å². The summed E-state index contributed by atoms with van der Waals surface area (Å²) in [6.07, 6.45) is 5.29. The molecule has 2 atom stereocenters. The molecule has 2 rings (SSSR count). The number of hydrogen-bond donors (Lipinski definition) is 0. The second-order valence-corrected chi connectivity index (χ2v) is 6.48. The molecule has 1 heterocycles. The van der Waals surface area contributed by atoms with E-state index < -0.39 is 29.7 Å². The van der Waals surface area contributed by atoms with Crippen LogP contribution < -0.4 is 0 Å². The summed E-state index contributed by atoms with van der Waals surface area (Å²) < 4.78 is 14.5. The van der Waals surface area contributed by atoms with Crippen LogP contribution in [0.25, 0.3) is 0 Å². The molecule has 0 radical (unpaired) electrons. The van der Waals surface area contributed by atoms with Crippen molar-refractivity contribution >= 4 is 17.9 Å². The average molecular weight is 387 g/mol. The summed E-state index contributed by atoms with van der Waals surface area (Å²) in [7, 11) is 3.65. The van der Waals surface area contributed by atoms with Gasteiger partial charge in [-0.15, -0.1) is 0 Å². The number of methoxy groups -OCH3 is 3. The standard InChI is InChI=1S/C21H25NO6/c1-14-10-11-22(12-15-8-6-5-7-9-15)13-16(19(23)26-2)17(14)18(20(24)27-3)21(25)28-4/h5-11,13-14,17-18H,12H2,1-4H3/t14-,17-/m0/s1. The third-order valence-corrected chi connectivity index (χ3v) is 4.71. The smallest absolute Gasteiger partial charge is 0.335 e. The first-order chi connectivity index (χ1) is 13.4. The predicted molar refractivity (Wildman–Crippen MR) is 101 cm³/mol. The van der Waals surface area contributed by atoms with Crippen LogP contribution in [0.3, 0.4) is 0 Å². The van der Waals surface area contributed by atoms with Crippen LogP contribution in [0.2, 0.25) is 0 Å². The molecule has 7 nitrogen and oxygen atoms in total. The van der Waals surface area contributed by atoms with Crippen LogP contribution in [0.4, 0.5) is 0 Å². The lowest BCUT2D eigenvalue weighted by Crippen LogP contribution is -2.39. The van der Waals surface area contributed by atoms with Crippen molar-refractivity contribution in [3.05, 3.63) is 59.9 Å². The number of esters is 3. The number of rotatable bonds is 6. The predicted octanol–water partition coefficient (Wildman–Crippen LogP) is 2.29. The molecular weight excluding hydrogens is 362 g/mol. The van der Waals surface area contributed by atoms with E-state index in [9.17, 15) is 14.4 Å². The van der Waals surface area contributed by atoms with Crippen LogP contribution in [-0.4, -0.2) is 44.1 Å². The SMILES string of the molecule is COC(=O)C1=CN(Cc2ccccc2)C=C[C@H](C)[C@@H]1C(C(=O)OC)C(=O)OC. The molecule has 0 fully saturated rings. The minimum absolute atomic E-state index is 0.205. The molecule has 0 aliphatic carbocycles. The van der Waals surface area contributed by atoms with E-state index in [0.717, 1.165) is 5.56 Å². The lowest BCUT2D eigenvalue weighted by Gasteiger charge is -2.27. The van der Waals surface area contributed by atoms with Crippen LogP contribution in [-0.2, 0) is 35.1 Å². The fraction of sp³-hybridized carbons (Fsp3) is 0.381. The van der Waals surface area contributed by atoms with Crippen molar-refractivity contribution in [3.63, 3.8) is 0 Å². The topological polar surface area (TPSA) is 82.1 Å². The fourth-order valence-corrected chi connectivity index (χ4v) is 3.28. The summed E-state index contributed by atoms with van der Waals surface area (Å²) in [6, 6.07) is 9.72. The van der Waals surface area contributed by atoms with Gasteiger partial charge in [0.2, 0.25) is 0 Å². The third-order valence-electron chi connectivity index (χ3n) is 4.71. The minimum Gasteiger partial charge on any atom is -0.468 e. The normalized spacial score (nSPS) is 18.9. The fourth-order valence-electron chi connectivity index (χ4n) is 3.28. The van der Waals surface area contributed by atoms with Crippen molar-refractivity contribution in [2.24, 2.45) is 17.8 Å². The highest BCUT2D eigenvalue weighted by molar-refractivity contribution is 5.98. The van der Waals surface area contributed by atoms with Crippen LogP contribution in [0.15, 0.2) is 54.4 Å². The summed E-state index contributed by atoms with van der Waals surface area (Å²) in [6.45, 7) is 2.33. The van der Waals surface area contributed by atoms with E-state index in [0.29, 0.717) is 6.54 Å². The molecule has 1 aromatic carbocycles. The van der Waals surface area contributed by atoms with Crippen LogP contribution in [0, 0.1) is 17.8 Å². The van der Waals surface area contributed by atoms with E-state index >= 15 is 0 Å². The molecule has 0 bridgehead atoms. The van der Waals surface area contributed by atoms with Gasteiger partial charge in [-0.25, -0.2) is 4.79 Å². The average Bonchev–Trinajstić information content (AvgIpc) is 2.87. The summed E-state index contributed by atoms with van der Waals surface area (Å²) in [5.74, 6) is -4.53. The van der Waals surface area contributed by atoms with Gasteiger partial charge in [0.05, 0.1) is 26.9 Å². The first-order valence-corrected chi connectivity index (χ1v) is 8.86. The van der Waals surface area contributed by atoms with Crippen LogP contribution in [0.1, 0.15) is 12.5 Å². The monoisotopic (exact) mass is 387 g/mol. The number of hydrogen-bond acceptors (Lipinski definition) is 7. The van der Waals surface area contributed by atoms with Gasteiger partial charge in [-0.3, -0.25) is 9.59 Å². The van der Waals surface area contributed by atoms with Crippen molar-refractivity contribution < 1.29 is 28.6 Å². The van der Waals surface area contributed by atoms with Crippen molar-refractivity contribution in [1.29, 1.82) is 0 Å². The van der Waals surface area contributed by atoms with Crippen molar-refractivity contribution in [2.45, 2.75) is 13.5 Å². The van der Waals surface area contributed by atoms with Gasteiger partial charge in [-0.2, -0.15) is 0 Å². The van der Waals surface area contributed by atoms with Gasteiger partial charge >= 0.3 is 17.9 Å². The third kappa shape index (κ3) is 4.79. The molecule has 28 heavy (non-hydrogen) atoms. The highest BCUT2D eigenvalue weighted by Gasteiger charge is 2.44.